The molecule has 0 bridgehead atoms. The fourth-order valence-electron chi connectivity index (χ4n) is 2.56. The molecule has 118 valence electrons. The Morgan fingerprint density at radius 1 is 1.26 bits per heavy atom. The molecule has 5 heteroatoms. The lowest BCUT2D eigenvalue weighted by Gasteiger charge is -2.05. The maximum absolute atomic E-state index is 13.5. The average molecular weight is 329 g/mol. The average Bonchev–Trinajstić information content (AvgIpc) is 2.89. The number of ether oxygens (including phenoxy) is 1. The van der Waals surface area contributed by atoms with Crippen LogP contribution in [-0.4, -0.2) is 17.6 Å². The number of fused-ring (bicyclic) bond motifs is 1. The van der Waals surface area contributed by atoms with Gasteiger partial charge in [0.2, 0.25) is 0 Å². The molecule has 0 amide bonds. The molecule has 0 saturated heterocycles. The van der Waals surface area contributed by atoms with Crippen LogP contribution in [0.15, 0.2) is 30.3 Å². The third kappa shape index (κ3) is 2.97. The number of halogens is 1. The number of carbonyl (C=O) groups is 1. The van der Waals surface area contributed by atoms with Crippen molar-refractivity contribution in [1.29, 1.82) is 0 Å². The van der Waals surface area contributed by atoms with Gasteiger partial charge in [-0.3, -0.25) is 0 Å². The molecule has 3 rings (SSSR count). The Bertz CT molecular complexity index is 901. The minimum Gasteiger partial charge on any atom is -0.462 e. The van der Waals surface area contributed by atoms with Crippen molar-refractivity contribution in [2.45, 2.75) is 20.8 Å². The van der Waals surface area contributed by atoms with Crippen LogP contribution in [0.4, 0.5) is 4.39 Å². The Morgan fingerprint density at radius 3 is 2.78 bits per heavy atom. The van der Waals surface area contributed by atoms with E-state index in [1.165, 1.54) is 23.5 Å². The molecule has 0 radical (unpaired) electrons. The quantitative estimate of drug-likeness (QED) is 0.642. The van der Waals surface area contributed by atoms with Gasteiger partial charge in [-0.15, -0.1) is 11.3 Å². The van der Waals surface area contributed by atoms with Gasteiger partial charge < -0.3 is 4.74 Å². The maximum atomic E-state index is 13.5. The molecule has 0 fully saturated rings. The van der Waals surface area contributed by atoms with Gasteiger partial charge >= 0.3 is 5.97 Å². The second kappa shape index (κ2) is 6.08. The maximum Gasteiger partial charge on any atom is 0.350 e. The second-order valence-electron chi connectivity index (χ2n) is 5.31. The highest BCUT2D eigenvalue weighted by atomic mass is 32.1. The summed E-state index contributed by atoms with van der Waals surface area (Å²) in [6.07, 6.45) is 0. The van der Waals surface area contributed by atoms with Crippen molar-refractivity contribution in [1.82, 2.24) is 4.98 Å². The van der Waals surface area contributed by atoms with E-state index >= 15 is 0 Å². The second-order valence-corrected chi connectivity index (χ2v) is 6.31. The summed E-state index contributed by atoms with van der Waals surface area (Å²) in [5.74, 6) is -0.617. The lowest BCUT2D eigenvalue weighted by molar-refractivity contribution is 0.0531. The van der Waals surface area contributed by atoms with E-state index < -0.39 is 0 Å². The van der Waals surface area contributed by atoms with E-state index in [-0.39, 0.29) is 11.8 Å². The van der Waals surface area contributed by atoms with Gasteiger partial charge in [0.1, 0.15) is 15.7 Å². The third-order valence-electron chi connectivity index (χ3n) is 3.63. The number of hydrogen-bond donors (Lipinski definition) is 0. The van der Waals surface area contributed by atoms with E-state index in [0.29, 0.717) is 17.2 Å². The first kappa shape index (κ1) is 15.6. The van der Waals surface area contributed by atoms with Gasteiger partial charge in [0.15, 0.2) is 0 Å². The van der Waals surface area contributed by atoms with Crippen molar-refractivity contribution in [2.24, 2.45) is 0 Å². The predicted octanol–water partition coefficient (Wildman–Crippen LogP) is 4.90. The monoisotopic (exact) mass is 329 g/mol. The number of thiazole rings is 1. The summed E-state index contributed by atoms with van der Waals surface area (Å²) in [4.78, 5) is 16.9. The molecule has 3 aromatic rings. The highest BCUT2D eigenvalue weighted by molar-refractivity contribution is 7.17. The van der Waals surface area contributed by atoms with E-state index in [0.717, 1.165) is 26.9 Å². The largest absolute Gasteiger partial charge is 0.462 e. The first-order valence-electron chi connectivity index (χ1n) is 7.34. The Kier molecular flexibility index (Phi) is 4.13. The van der Waals surface area contributed by atoms with Crippen LogP contribution in [0.2, 0.25) is 0 Å². The van der Waals surface area contributed by atoms with Gasteiger partial charge in [-0.2, -0.15) is 0 Å². The van der Waals surface area contributed by atoms with E-state index in [2.05, 4.69) is 4.98 Å². The van der Waals surface area contributed by atoms with Gasteiger partial charge in [0, 0.05) is 5.56 Å². The standard InChI is InChI=1S/C18H16FNO2S/c1-4-22-18(21)16-11(3)20-17(23-16)13-7-10(2)15-6-5-14(19)9-12(15)8-13/h5-9H,4H2,1-3H3. The number of benzene rings is 2. The molecule has 1 heterocycles. The van der Waals surface area contributed by atoms with Gasteiger partial charge in [-0.05, 0) is 61.4 Å². The molecule has 0 aliphatic carbocycles. The first-order chi connectivity index (χ1) is 11.0. The normalized spacial score (nSPS) is 11.0. The molecule has 23 heavy (non-hydrogen) atoms. The number of aromatic nitrogens is 1. The first-order valence-corrected chi connectivity index (χ1v) is 8.16. The number of hydrogen-bond acceptors (Lipinski definition) is 4. The zero-order valence-corrected chi connectivity index (χ0v) is 14.0. The van der Waals surface area contributed by atoms with Crippen LogP contribution < -0.4 is 0 Å². The Labute approximate surface area is 137 Å². The van der Waals surface area contributed by atoms with Crippen LogP contribution in [0.3, 0.4) is 0 Å². The number of aryl methyl sites for hydroxylation is 2. The van der Waals surface area contributed by atoms with E-state index in [1.807, 2.05) is 19.1 Å². The predicted molar refractivity (Wildman–Crippen MR) is 90.4 cm³/mol. The SMILES string of the molecule is CCOC(=O)c1sc(-c2cc(C)c3ccc(F)cc3c2)nc1C. The molecule has 0 saturated carbocycles. The minimum atomic E-state index is -0.350. The fourth-order valence-corrected chi connectivity index (χ4v) is 3.51. The fraction of sp³-hybridized carbons (Fsp3) is 0.222. The van der Waals surface area contributed by atoms with Crippen molar-refractivity contribution < 1.29 is 13.9 Å². The summed E-state index contributed by atoms with van der Waals surface area (Å²) in [6.45, 7) is 5.88. The number of carbonyl (C=O) groups excluding carboxylic acids is 1. The van der Waals surface area contributed by atoms with Crippen LogP contribution >= 0.6 is 11.3 Å². The summed E-state index contributed by atoms with van der Waals surface area (Å²) >= 11 is 1.30. The van der Waals surface area contributed by atoms with E-state index in [4.69, 9.17) is 4.74 Å². The summed E-state index contributed by atoms with van der Waals surface area (Å²) in [6, 6.07) is 8.66. The van der Waals surface area contributed by atoms with Gasteiger partial charge in [-0.1, -0.05) is 6.07 Å². The Hall–Kier alpha value is -2.27. The lowest BCUT2D eigenvalue weighted by Crippen LogP contribution is -2.03. The van der Waals surface area contributed by atoms with Crippen LogP contribution in [-0.2, 0) is 4.74 Å². The number of rotatable bonds is 3. The van der Waals surface area contributed by atoms with Crippen molar-refractivity contribution in [3.63, 3.8) is 0 Å². The van der Waals surface area contributed by atoms with E-state index in [1.54, 1.807) is 19.9 Å². The van der Waals surface area contributed by atoms with Crippen LogP contribution in [0, 0.1) is 19.7 Å². The Morgan fingerprint density at radius 2 is 2.04 bits per heavy atom. The summed E-state index contributed by atoms with van der Waals surface area (Å²) < 4.78 is 18.5. The summed E-state index contributed by atoms with van der Waals surface area (Å²) in [5, 5.41) is 2.57. The van der Waals surface area contributed by atoms with Gasteiger partial charge in [0.05, 0.1) is 12.3 Å². The molecule has 2 aromatic carbocycles. The molecule has 0 atom stereocenters. The molecular formula is C18H16FNO2S. The topological polar surface area (TPSA) is 39.2 Å². The van der Waals surface area contributed by atoms with Crippen LogP contribution in [0.1, 0.15) is 27.9 Å². The van der Waals surface area contributed by atoms with Gasteiger partial charge in [-0.25, -0.2) is 14.2 Å². The zero-order chi connectivity index (χ0) is 16.6. The molecule has 1 aromatic heterocycles. The van der Waals surface area contributed by atoms with Crippen molar-refractivity contribution in [3.05, 3.63) is 52.3 Å². The number of esters is 1. The van der Waals surface area contributed by atoms with Crippen molar-refractivity contribution in [2.75, 3.05) is 6.61 Å². The van der Waals surface area contributed by atoms with Crippen molar-refractivity contribution in [3.8, 4) is 10.6 Å². The minimum absolute atomic E-state index is 0.267. The molecule has 0 N–H and O–H groups in total. The number of nitrogens with zero attached hydrogens (tertiary/aromatic N) is 1. The highest BCUT2D eigenvalue weighted by Crippen LogP contribution is 2.32. The smallest absolute Gasteiger partial charge is 0.350 e. The molecule has 0 aliphatic rings. The van der Waals surface area contributed by atoms with Crippen LogP contribution in [0.5, 0.6) is 0 Å². The lowest BCUT2D eigenvalue weighted by atomic mass is 10.0. The molecule has 3 nitrogen and oxygen atoms in total. The van der Waals surface area contributed by atoms with E-state index in [9.17, 15) is 9.18 Å². The third-order valence-corrected chi connectivity index (χ3v) is 4.81. The van der Waals surface area contributed by atoms with Crippen molar-refractivity contribution >= 4 is 28.1 Å². The molecule has 0 aliphatic heterocycles. The summed E-state index contributed by atoms with van der Waals surface area (Å²) in [7, 11) is 0. The van der Waals surface area contributed by atoms with Crippen LogP contribution in [0.25, 0.3) is 21.3 Å². The molecular weight excluding hydrogens is 313 g/mol. The zero-order valence-electron chi connectivity index (χ0n) is 13.1. The van der Waals surface area contributed by atoms with Gasteiger partial charge in [0.25, 0.3) is 0 Å². The molecule has 0 spiro atoms. The summed E-state index contributed by atoms with van der Waals surface area (Å²) in [5.41, 5.74) is 2.58. The Balaban J connectivity index is 2.10. The highest BCUT2D eigenvalue weighted by Gasteiger charge is 2.17. The molecule has 0 unspecified atom stereocenters.